The van der Waals surface area contributed by atoms with Crippen LogP contribution in [0.3, 0.4) is 0 Å². The molecule has 0 aliphatic rings. The molecule has 0 amide bonds. The number of imidazole rings is 1. The molecule has 0 radical (unpaired) electrons. The third-order valence-electron chi connectivity index (χ3n) is 3.60. The van der Waals surface area contributed by atoms with Crippen molar-refractivity contribution < 1.29 is 9.13 Å². The van der Waals surface area contributed by atoms with Crippen LogP contribution in [0.4, 0.5) is 4.39 Å². The van der Waals surface area contributed by atoms with E-state index in [0.717, 1.165) is 22.5 Å². The Morgan fingerprint density at radius 1 is 1.14 bits per heavy atom. The monoisotopic (exact) mass is 302 g/mol. The van der Waals surface area contributed by atoms with Crippen LogP contribution in [0, 0.1) is 24.4 Å². The fraction of sp³-hybridized carbons (Fsp3) is 0.188. The minimum atomic E-state index is -0.239. The lowest BCUT2D eigenvalue weighted by atomic mass is 10.1. The summed E-state index contributed by atoms with van der Waals surface area (Å²) in [5.41, 5.74) is 4.09. The number of aromatic nitrogens is 2. The molecular weight excluding hydrogens is 287 g/mol. The van der Waals surface area contributed by atoms with Crippen molar-refractivity contribution in [3.63, 3.8) is 0 Å². The van der Waals surface area contributed by atoms with Crippen molar-refractivity contribution in [2.75, 3.05) is 7.11 Å². The van der Waals surface area contributed by atoms with Gasteiger partial charge in [-0.2, -0.15) is 0 Å². The number of hydrogen-bond acceptors (Lipinski definition) is 2. The average Bonchev–Trinajstić information content (AvgIpc) is 2.74. The SMILES string of the molecule is COc1ccc(-n2c(=S)[nH]c3cc(F)c(C)cc32)cc1C. The maximum Gasteiger partial charge on any atom is 0.182 e. The number of H-pyrrole nitrogens is 1. The highest BCUT2D eigenvalue weighted by atomic mass is 32.1. The molecule has 0 bridgehead atoms. The maximum atomic E-state index is 13.7. The van der Waals surface area contributed by atoms with Crippen molar-refractivity contribution in [2.24, 2.45) is 0 Å². The lowest BCUT2D eigenvalue weighted by Gasteiger charge is -2.09. The first kappa shape index (κ1) is 13.8. The summed E-state index contributed by atoms with van der Waals surface area (Å²) in [5, 5.41) is 0. The second-order valence-electron chi connectivity index (χ2n) is 5.04. The summed E-state index contributed by atoms with van der Waals surface area (Å²) in [7, 11) is 1.64. The standard InChI is InChI=1S/C16H15FN2OS/c1-9-7-14-13(8-12(9)17)18-16(21)19(14)11-4-5-15(20-3)10(2)6-11/h4-8H,1-3H3,(H,18,21). The number of ether oxygens (including phenoxy) is 1. The van der Waals surface area contributed by atoms with E-state index in [0.29, 0.717) is 15.9 Å². The van der Waals surface area contributed by atoms with Gasteiger partial charge < -0.3 is 9.72 Å². The number of benzene rings is 2. The Morgan fingerprint density at radius 3 is 2.57 bits per heavy atom. The van der Waals surface area contributed by atoms with E-state index in [2.05, 4.69) is 4.98 Å². The summed E-state index contributed by atoms with van der Waals surface area (Å²) < 4.78 is 21.4. The van der Waals surface area contributed by atoms with Gasteiger partial charge in [-0.15, -0.1) is 0 Å². The van der Waals surface area contributed by atoms with E-state index in [1.54, 1.807) is 20.1 Å². The topological polar surface area (TPSA) is 29.9 Å². The zero-order valence-corrected chi connectivity index (χ0v) is 12.8. The van der Waals surface area contributed by atoms with Crippen molar-refractivity contribution in [3.05, 3.63) is 52.0 Å². The molecule has 21 heavy (non-hydrogen) atoms. The second-order valence-corrected chi connectivity index (χ2v) is 5.42. The first-order valence-electron chi connectivity index (χ1n) is 6.57. The molecule has 0 aliphatic heterocycles. The molecule has 3 rings (SSSR count). The van der Waals surface area contributed by atoms with E-state index < -0.39 is 0 Å². The van der Waals surface area contributed by atoms with E-state index in [1.807, 2.05) is 29.7 Å². The van der Waals surface area contributed by atoms with E-state index in [1.165, 1.54) is 6.07 Å². The first-order chi connectivity index (χ1) is 10.0. The fourth-order valence-electron chi connectivity index (χ4n) is 2.49. The molecule has 0 unspecified atom stereocenters. The van der Waals surface area contributed by atoms with Crippen molar-refractivity contribution >= 4 is 23.3 Å². The highest BCUT2D eigenvalue weighted by Gasteiger charge is 2.10. The Labute approximate surface area is 127 Å². The molecule has 2 aromatic carbocycles. The predicted molar refractivity (Wildman–Crippen MR) is 84.4 cm³/mol. The number of nitrogens with zero attached hydrogens (tertiary/aromatic N) is 1. The first-order valence-corrected chi connectivity index (χ1v) is 6.98. The number of rotatable bonds is 2. The Bertz CT molecular complexity index is 895. The lowest BCUT2D eigenvalue weighted by molar-refractivity contribution is 0.411. The zero-order valence-electron chi connectivity index (χ0n) is 12.0. The highest BCUT2D eigenvalue weighted by molar-refractivity contribution is 7.71. The Balaban J connectivity index is 2.29. The maximum absolute atomic E-state index is 13.7. The van der Waals surface area contributed by atoms with Gasteiger partial charge in [-0.3, -0.25) is 4.57 Å². The van der Waals surface area contributed by atoms with Crippen LogP contribution >= 0.6 is 12.2 Å². The fourth-order valence-corrected chi connectivity index (χ4v) is 2.80. The molecule has 0 fully saturated rings. The van der Waals surface area contributed by atoms with Gasteiger partial charge >= 0.3 is 0 Å². The normalized spacial score (nSPS) is 11.0. The quantitative estimate of drug-likeness (QED) is 0.709. The van der Waals surface area contributed by atoms with Crippen molar-refractivity contribution in [1.82, 2.24) is 9.55 Å². The molecule has 1 heterocycles. The second kappa shape index (κ2) is 5.00. The Hall–Kier alpha value is -2.14. The molecule has 5 heteroatoms. The molecule has 0 saturated heterocycles. The third kappa shape index (κ3) is 2.23. The summed E-state index contributed by atoms with van der Waals surface area (Å²) in [5.74, 6) is 0.587. The summed E-state index contributed by atoms with van der Waals surface area (Å²) in [6, 6.07) is 9.12. The van der Waals surface area contributed by atoms with Crippen molar-refractivity contribution in [3.8, 4) is 11.4 Å². The molecule has 0 atom stereocenters. The van der Waals surface area contributed by atoms with E-state index >= 15 is 0 Å². The molecular formula is C16H15FN2OS. The van der Waals surface area contributed by atoms with Crippen LogP contribution in [-0.4, -0.2) is 16.7 Å². The van der Waals surface area contributed by atoms with Gasteiger partial charge in [-0.05, 0) is 67.5 Å². The molecule has 108 valence electrons. The van der Waals surface area contributed by atoms with Crippen LogP contribution in [0.2, 0.25) is 0 Å². The molecule has 3 nitrogen and oxygen atoms in total. The molecule has 0 saturated carbocycles. The zero-order chi connectivity index (χ0) is 15.1. The highest BCUT2D eigenvalue weighted by Crippen LogP contribution is 2.26. The van der Waals surface area contributed by atoms with Gasteiger partial charge in [-0.1, -0.05) is 0 Å². The number of halogens is 1. The molecule has 0 spiro atoms. The van der Waals surface area contributed by atoms with Crippen LogP contribution in [0.15, 0.2) is 30.3 Å². The Kier molecular flexibility index (Phi) is 3.29. The van der Waals surface area contributed by atoms with Gasteiger partial charge in [0.15, 0.2) is 4.77 Å². The number of nitrogens with one attached hydrogen (secondary N) is 1. The van der Waals surface area contributed by atoms with E-state index in [-0.39, 0.29) is 5.82 Å². The number of methoxy groups -OCH3 is 1. The van der Waals surface area contributed by atoms with Crippen LogP contribution in [0.1, 0.15) is 11.1 Å². The summed E-state index contributed by atoms with van der Waals surface area (Å²) in [6.45, 7) is 3.72. The number of fused-ring (bicyclic) bond motifs is 1. The van der Waals surface area contributed by atoms with Gasteiger partial charge in [0.25, 0.3) is 0 Å². The van der Waals surface area contributed by atoms with Crippen LogP contribution < -0.4 is 4.74 Å². The largest absolute Gasteiger partial charge is 0.496 e. The summed E-state index contributed by atoms with van der Waals surface area (Å²) in [6.07, 6.45) is 0. The lowest BCUT2D eigenvalue weighted by Crippen LogP contribution is -1.96. The van der Waals surface area contributed by atoms with Crippen molar-refractivity contribution in [2.45, 2.75) is 13.8 Å². The smallest absolute Gasteiger partial charge is 0.182 e. The van der Waals surface area contributed by atoms with Gasteiger partial charge in [0, 0.05) is 5.69 Å². The summed E-state index contributed by atoms with van der Waals surface area (Å²) in [4.78, 5) is 3.05. The van der Waals surface area contributed by atoms with Crippen molar-refractivity contribution in [1.29, 1.82) is 0 Å². The van der Waals surface area contributed by atoms with Gasteiger partial charge in [0.2, 0.25) is 0 Å². The van der Waals surface area contributed by atoms with E-state index in [9.17, 15) is 4.39 Å². The van der Waals surface area contributed by atoms with Gasteiger partial charge in [0.05, 0.1) is 18.1 Å². The third-order valence-corrected chi connectivity index (χ3v) is 3.88. The van der Waals surface area contributed by atoms with Crippen LogP contribution in [0.5, 0.6) is 5.75 Å². The minimum absolute atomic E-state index is 0.239. The minimum Gasteiger partial charge on any atom is -0.496 e. The molecule has 0 aliphatic carbocycles. The van der Waals surface area contributed by atoms with Gasteiger partial charge in [-0.25, -0.2) is 4.39 Å². The number of aromatic amines is 1. The molecule has 1 aromatic heterocycles. The van der Waals surface area contributed by atoms with E-state index in [4.69, 9.17) is 17.0 Å². The predicted octanol–water partition coefficient (Wildman–Crippen LogP) is 4.45. The van der Waals surface area contributed by atoms with Crippen LogP contribution in [-0.2, 0) is 0 Å². The van der Waals surface area contributed by atoms with Gasteiger partial charge in [0.1, 0.15) is 11.6 Å². The number of aryl methyl sites for hydroxylation is 2. The number of hydrogen-bond donors (Lipinski definition) is 1. The van der Waals surface area contributed by atoms with Crippen LogP contribution in [0.25, 0.3) is 16.7 Å². The Morgan fingerprint density at radius 2 is 1.90 bits per heavy atom. The molecule has 3 aromatic rings. The average molecular weight is 302 g/mol. The summed E-state index contributed by atoms with van der Waals surface area (Å²) >= 11 is 5.38. The molecule has 1 N–H and O–H groups in total.